The first-order valence-electron chi connectivity index (χ1n) is 9.67. The predicted molar refractivity (Wildman–Crippen MR) is 122 cm³/mol. The summed E-state index contributed by atoms with van der Waals surface area (Å²) >= 11 is 1.45. The first kappa shape index (κ1) is 21.6. The molecule has 3 aromatic carbocycles. The first-order valence-corrected chi connectivity index (χ1v) is 10.7. The van der Waals surface area contributed by atoms with Gasteiger partial charge in [0.15, 0.2) is 0 Å². The van der Waals surface area contributed by atoms with Crippen LogP contribution in [-0.4, -0.2) is 22.4 Å². The average Bonchev–Trinajstić information content (AvgIpc) is 2.73. The second-order valence-corrected chi connectivity index (χ2v) is 8.52. The quantitative estimate of drug-likeness (QED) is 0.535. The van der Waals surface area contributed by atoms with Gasteiger partial charge in [0.1, 0.15) is 5.60 Å². The lowest BCUT2D eigenvalue weighted by Crippen LogP contribution is -2.42. The van der Waals surface area contributed by atoms with Crippen molar-refractivity contribution in [1.29, 1.82) is 5.26 Å². The molecule has 0 heterocycles. The monoisotopic (exact) mass is 416 g/mol. The number of nitriles is 1. The summed E-state index contributed by atoms with van der Waals surface area (Å²) in [5.41, 5.74) is 2.78. The molecule has 2 N–H and O–H groups in total. The van der Waals surface area contributed by atoms with E-state index >= 15 is 0 Å². The minimum atomic E-state index is -1.54. The summed E-state index contributed by atoms with van der Waals surface area (Å²) in [5, 5.41) is 22.5. The van der Waals surface area contributed by atoms with Crippen LogP contribution < -0.4 is 5.32 Å². The maximum absolute atomic E-state index is 12.6. The minimum Gasteiger partial charge on any atom is -0.379 e. The standard InChI is InChI=1S/C25H24N2O2S/c1-18-13-22(12-11-21(18)16-26)27-24(28)25(2,29)17-30-23-10-6-9-20(15-23)14-19-7-4-3-5-8-19/h3-13,15,29H,14,17H2,1-2H3,(H,27,28). The van der Waals surface area contributed by atoms with E-state index in [9.17, 15) is 9.90 Å². The van der Waals surface area contributed by atoms with Crippen molar-refractivity contribution in [2.24, 2.45) is 0 Å². The summed E-state index contributed by atoms with van der Waals surface area (Å²) in [6, 6.07) is 25.6. The molecule has 1 unspecified atom stereocenters. The number of hydrogen-bond donors (Lipinski definition) is 2. The number of nitrogens with zero attached hydrogens (tertiary/aromatic N) is 1. The van der Waals surface area contributed by atoms with E-state index in [2.05, 4.69) is 35.7 Å². The van der Waals surface area contributed by atoms with E-state index in [1.165, 1.54) is 29.8 Å². The number of anilines is 1. The Labute approximate surface area is 181 Å². The molecule has 0 saturated heterocycles. The SMILES string of the molecule is Cc1cc(NC(=O)C(C)(O)CSc2cccc(Cc3ccccc3)c2)ccc1C#N. The number of rotatable bonds is 7. The molecule has 0 aromatic heterocycles. The summed E-state index contributed by atoms with van der Waals surface area (Å²) in [7, 11) is 0. The second kappa shape index (κ2) is 9.62. The molecular weight excluding hydrogens is 392 g/mol. The van der Waals surface area contributed by atoms with Crippen molar-refractivity contribution in [1.82, 2.24) is 0 Å². The molecule has 0 saturated carbocycles. The van der Waals surface area contributed by atoms with Crippen LogP contribution in [0.4, 0.5) is 5.69 Å². The van der Waals surface area contributed by atoms with Crippen molar-refractivity contribution in [3.8, 4) is 6.07 Å². The van der Waals surface area contributed by atoms with Crippen LogP contribution in [0.5, 0.6) is 0 Å². The molecule has 0 bridgehead atoms. The van der Waals surface area contributed by atoms with Crippen LogP contribution in [0.1, 0.15) is 29.2 Å². The fraction of sp³-hybridized carbons (Fsp3) is 0.200. The summed E-state index contributed by atoms with van der Waals surface area (Å²) in [4.78, 5) is 13.6. The molecule has 3 aromatic rings. The third-order valence-electron chi connectivity index (χ3n) is 4.76. The molecule has 30 heavy (non-hydrogen) atoms. The van der Waals surface area contributed by atoms with E-state index in [0.29, 0.717) is 11.3 Å². The molecule has 0 radical (unpaired) electrons. The Morgan fingerprint density at radius 3 is 2.50 bits per heavy atom. The summed E-state index contributed by atoms with van der Waals surface area (Å²) in [6.45, 7) is 3.32. The third kappa shape index (κ3) is 5.73. The van der Waals surface area contributed by atoms with Gasteiger partial charge in [-0.2, -0.15) is 5.26 Å². The van der Waals surface area contributed by atoms with E-state index in [0.717, 1.165) is 16.9 Å². The highest BCUT2D eigenvalue weighted by Gasteiger charge is 2.30. The number of nitrogens with one attached hydrogen (secondary N) is 1. The Morgan fingerprint density at radius 1 is 1.07 bits per heavy atom. The van der Waals surface area contributed by atoms with E-state index in [1.807, 2.05) is 37.3 Å². The topological polar surface area (TPSA) is 73.1 Å². The lowest BCUT2D eigenvalue weighted by atomic mass is 10.1. The minimum absolute atomic E-state index is 0.225. The Kier molecular flexibility index (Phi) is 6.94. The van der Waals surface area contributed by atoms with Crippen LogP contribution in [0.2, 0.25) is 0 Å². The fourth-order valence-electron chi connectivity index (χ4n) is 3.00. The highest BCUT2D eigenvalue weighted by atomic mass is 32.2. The van der Waals surface area contributed by atoms with Crippen LogP contribution in [0.25, 0.3) is 0 Å². The molecule has 1 atom stereocenters. The highest BCUT2D eigenvalue weighted by Crippen LogP contribution is 2.26. The Bertz CT molecular complexity index is 1070. The van der Waals surface area contributed by atoms with Gasteiger partial charge < -0.3 is 10.4 Å². The van der Waals surface area contributed by atoms with Gasteiger partial charge in [0.05, 0.1) is 11.6 Å². The summed E-state index contributed by atoms with van der Waals surface area (Å²) in [6.07, 6.45) is 0.837. The Balaban J connectivity index is 1.61. The number of aryl methyl sites for hydroxylation is 1. The van der Waals surface area contributed by atoms with E-state index < -0.39 is 11.5 Å². The summed E-state index contributed by atoms with van der Waals surface area (Å²) < 4.78 is 0. The Morgan fingerprint density at radius 2 is 1.80 bits per heavy atom. The van der Waals surface area contributed by atoms with Crippen LogP contribution in [-0.2, 0) is 11.2 Å². The third-order valence-corrected chi connectivity index (χ3v) is 6.06. The molecule has 0 aliphatic rings. The highest BCUT2D eigenvalue weighted by molar-refractivity contribution is 7.99. The van der Waals surface area contributed by atoms with Gasteiger partial charge in [-0.15, -0.1) is 11.8 Å². The van der Waals surface area contributed by atoms with Gasteiger partial charge in [0.25, 0.3) is 5.91 Å². The van der Waals surface area contributed by atoms with Crippen molar-refractivity contribution >= 4 is 23.4 Å². The zero-order valence-electron chi connectivity index (χ0n) is 17.1. The zero-order valence-corrected chi connectivity index (χ0v) is 17.9. The number of benzene rings is 3. The molecule has 0 aliphatic heterocycles. The molecule has 1 amide bonds. The second-order valence-electron chi connectivity index (χ2n) is 7.47. The Hall–Kier alpha value is -3.07. The van der Waals surface area contributed by atoms with E-state index in [4.69, 9.17) is 5.26 Å². The van der Waals surface area contributed by atoms with E-state index in [1.54, 1.807) is 18.2 Å². The molecule has 0 fully saturated rings. The predicted octanol–water partition coefficient (Wildman–Crippen LogP) is 4.94. The first-order chi connectivity index (χ1) is 14.4. The van der Waals surface area contributed by atoms with Gasteiger partial charge >= 0.3 is 0 Å². The molecule has 152 valence electrons. The van der Waals surface area contributed by atoms with Crippen LogP contribution in [0, 0.1) is 18.3 Å². The van der Waals surface area contributed by atoms with Crippen LogP contribution in [0.3, 0.4) is 0 Å². The largest absolute Gasteiger partial charge is 0.379 e. The van der Waals surface area contributed by atoms with Gasteiger partial charge in [-0.1, -0.05) is 42.5 Å². The normalized spacial score (nSPS) is 12.6. The number of carbonyl (C=O) groups excluding carboxylic acids is 1. The van der Waals surface area contributed by atoms with Crippen molar-refractivity contribution in [2.45, 2.75) is 30.8 Å². The molecule has 3 rings (SSSR count). The molecule has 0 aliphatic carbocycles. The maximum Gasteiger partial charge on any atom is 0.256 e. The van der Waals surface area contributed by atoms with Crippen LogP contribution >= 0.6 is 11.8 Å². The number of aliphatic hydroxyl groups is 1. The molecule has 5 heteroatoms. The molecule has 4 nitrogen and oxygen atoms in total. The maximum atomic E-state index is 12.6. The number of carbonyl (C=O) groups is 1. The number of hydrogen-bond acceptors (Lipinski definition) is 4. The van der Waals surface area contributed by atoms with Crippen molar-refractivity contribution in [2.75, 3.05) is 11.1 Å². The van der Waals surface area contributed by atoms with Crippen LogP contribution in [0.15, 0.2) is 77.7 Å². The fourth-order valence-corrected chi connectivity index (χ4v) is 3.99. The van der Waals surface area contributed by atoms with Gasteiger partial charge in [-0.05, 0) is 67.3 Å². The van der Waals surface area contributed by atoms with E-state index in [-0.39, 0.29) is 5.75 Å². The summed E-state index contributed by atoms with van der Waals surface area (Å²) in [5.74, 6) is -0.248. The lowest BCUT2D eigenvalue weighted by Gasteiger charge is -2.22. The lowest BCUT2D eigenvalue weighted by molar-refractivity contribution is -0.130. The molecule has 0 spiro atoms. The van der Waals surface area contributed by atoms with Crippen molar-refractivity contribution < 1.29 is 9.90 Å². The number of thioether (sulfide) groups is 1. The van der Waals surface area contributed by atoms with Crippen molar-refractivity contribution in [3.05, 3.63) is 95.1 Å². The van der Waals surface area contributed by atoms with Gasteiger partial charge in [0, 0.05) is 16.3 Å². The zero-order chi connectivity index (χ0) is 21.6. The van der Waals surface area contributed by atoms with Gasteiger partial charge in [-0.25, -0.2) is 0 Å². The average molecular weight is 417 g/mol. The number of amides is 1. The van der Waals surface area contributed by atoms with Gasteiger partial charge in [0.2, 0.25) is 0 Å². The van der Waals surface area contributed by atoms with Gasteiger partial charge in [-0.3, -0.25) is 4.79 Å². The molecular formula is C25H24N2O2S. The van der Waals surface area contributed by atoms with Crippen molar-refractivity contribution in [3.63, 3.8) is 0 Å². The smallest absolute Gasteiger partial charge is 0.256 e.